The monoisotopic (exact) mass is 278 g/mol. The van der Waals surface area contributed by atoms with Crippen LogP contribution < -0.4 is 0 Å². The molecule has 1 aromatic heterocycles. The molecule has 0 atom stereocenters. The molecule has 18 heavy (non-hydrogen) atoms. The molecule has 0 radical (unpaired) electrons. The zero-order valence-corrected chi connectivity index (χ0v) is 9.63. The van der Waals surface area contributed by atoms with Gasteiger partial charge in [0.25, 0.3) is 0 Å². The van der Waals surface area contributed by atoms with Crippen LogP contribution in [0.5, 0.6) is 0 Å². The molecule has 0 saturated heterocycles. The van der Waals surface area contributed by atoms with E-state index in [0.717, 1.165) is 16.9 Å². The molecule has 2 nitrogen and oxygen atoms in total. The average Bonchev–Trinajstić information content (AvgIpc) is 2.77. The molecule has 7 heteroatoms. The summed E-state index contributed by atoms with van der Waals surface area (Å²) in [6.07, 6.45) is -2.99. The minimum atomic E-state index is -4.47. The molecule has 0 aliphatic rings. The number of nitrogens with zero attached hydrogens (tertiary/aromatic N) is 2. The van der Waals surface area contributed by atoms with Crippen LogP contribution >= 0.6 is 11.6 Å². The molecule has 0 bridgehead atoms. The van der Waals surface area contributed by atoms with Gasteiger partial charge < -0.3 is 0 Å². The van der Waals surface area contributed by atoms with E-state index in [-0.39, 0.29) is 11.6 Å². The lowest BCUT2D eigenvalue weighted by Crippen LogP contribution is -2.03. The fraction of sp³-hybridized carbons (Fsp3) is 0.182. The molecule has 0 saturated carbocycles. The van der Waals surface area contributed by atoms with Crippen LogP contribution in [0.15, 0.2) is 30.6 Å². The van der Waals surface area contributed by atoms with E-state index in [1.165, 1.54) is 12.1 Å². The third kappa shape index (κ3) is 2.64. The molecule has 0 aliphatic carbocycles. The van der Waals surface area contributed by atoms with Crippen LogP contribution in [0.2, 0.25) is 0 Å². The highest BCUT2D eigenvalue weighted by Crippen LogP contribution is 2.29. The normalized spacial score (nSPS) is 11.8. The van der Waals surface area contributed by atoms with E-state index < -0.39 is 17.6 Å². The van der Waals surface area contributed by atoms with Gasteiger partial charge in [0.05, 0.1) is 17.4 Å². The van der Waals surface area contributed by atoms with Gasteiger partial charge in [0.2, 0.25) is 0 Å². The molecule has 1 heterocycles. The molecule has 96 valence electrons. The lowest BCUT2D eigenvalue weighted by molar-refractivity contribution is -0.137. The van der Waals surface area contributed by atoms with Crippen molar-refractivity contribution >= 4 is 11.6 Å². The predicted octanol–water partition coefficient (Wildman–Crippen LogP) is 3.77. The summed E-state index contributed by atoms with van der Waals surface area (Å²) in [6, 6.07) is 3.77. The number of hydrogen-bond acceptors (Lipinski definition) is 1. The summed E-state index contributed by atoms with van der Waals surface area (Å²) in [7, 11) is 0. The van der Waals surface area contributed by atoms with E-state index in [9.17, 15) is 17.6 Å². The van der Waals surface area contributed by atoms with Crippen LogP contribution in [-0.4, -0.2) is 9.78 Å². The van der Waals surface area contributed by atoms with Gasteiger partial charge in [-0.2, -0.15) is 18.3 Å². The fourth-order valence-corrected chi connectivity index (χ4v) is 1.61. The van der Waals surface area contributed by atoms with Gasteiger partial charge >= 0.3 is 6.18 Å². The molecule has 0 N–H and O–H groups in total. The van der Waals surface area contributed by atoms with Crippen LogP contribution in [0.3, 0.4) is 0 Å². The second-order valence-electron chi connectivity index (χ2n) is 3.62. The van der Waals surface area contributed by atoms with E-state index >= 15 is 0 Å². The highest BCUT2D eigenvalue weighted by atomic mass is 35.5. The van der Waals surface area contributed by atoms with E-state index in [0.29, 0.717) is 11.8 Å². The lowest BCUT2D eigenvalue weighted by Gasteiger charge is -2.04. The first-order valence-electron chi connectivity index (χ1n) is 4.88. The second-order valence-corrected chi connectivity index (χ2v) is 3.89. The smallest absolute Gasteiger partial charge is 0.240 e. The molecular formula is C11H7ClF4N2. The summed E-state index contributed by atoms with van der Waals surface area (Å²) >= 11 is 5.56. The summed E-state index contributed by atoms with van der Waals surface area (Å²) in [5.41, 5.74) is -0.226. The fourth-order valence-electron chi connectivity index (χ4n) is 1.45. The third-order valence-electron chi connectivity index (χ3n) is 2.27. The predicted molar refractivity (Wildman–Crippen MR) is 58.1 cm³/mol. The Morgan fingerprint density at radius 1 is 1.22 bits per heavy atom. The van der Waals surface area contributed by atoms with Crippen molar-refractivity contribution in [3.63, 3.8) is 0 Å². The zero-order chi connectivity index (χ0) is 13.3. The summed E-state index contributed by atoms with van der Waals surface area (Å²) in [5.74, 6) is -0.509. The van der Waals surface area contributed by atoms with Gasteiger partial charge in [-0.15, -0.1) is 11.6 Å². The maximum absolute atomic E-state index is 13.2. The van der Waals surface area contributed by atoms with Crippen molar-refractivity contribution in [3.05, 3.63) is 47.5 Å². The van der Waals surface area contributed by atoms with Crippen molar-refractivity contribution in [1.29, 1.82) is 0 Å². The number of alkyl halides is 4. The van der Waals surface area contributed by atoms with Crippen molar-refractivity contribution in [2.24, 2.45) is 0 Å². The van der Waals surface area contributed by atoms with E-state index in [1.54, 1.807) is 0 Å². The Morgan fingerprint density at radius 3 is 2.50 bits per heavy atom. The Hall–Kier alpha value is -1.56. The zero-order valence-electron chi connectivity index (χ0n) is 8.88. The molecule has 0 unspecified atom stereocenters. The topological polar surface area (TPSA) is 17.8 Å². The Morgan fingerprint density at radius 2 is 1.94 bits per heavy atom. The molecular weight excluding hydrogens is 272 g/mol. The molecule has 2 rings (SSSR count). The van der Waals surface area contributed by atoms with E-state index in [1.807, 2.05) is 0 Å². The summed E-state index contributed by atoms with van der Waals surface area (Å²) in [6.45, 7) is 0. The molecule has 1 aromatic carbocycles. The number of aromatic nitrogens is 2. The van der Waals surface area contributed by atoms with Gasteiger partial charge in [-0.3, -0.25) is 0 Å². The van der Waals surface area contributed by atoms with E-state index in [4.69, 9.17) is 11.6 Å². The quantitative estimate of drug-likeness (QED) is 0.604. The second kappa shape index (κ2) is 4.61. The minimum Gasteiger partial charge on any atom is -0.240 e. The molecule has 0 amide bonds. The van der Waals surface area contributed by atoms with Crippen LogP contribution in [-0.2, 0) is 12.1 Å². The lowest BCUT2D eigenvalue weighted by atomic mass is 10.2. The third-order valence-corrected chi connectivity index (χ3v) is 2.58. The number of halogens is 5. The maximum Gasteiger partial charge on any atom is 0.419 e. The number of benzene rings is 1. The van der Waals surface area contributed by atoms with Gasteiger partial charge in [0.15, 0.2) is 0 Å². The van der Waals surface area contributed by atoms with Crippen LogP contribution in [0.1, 0.15) is 11.1 Å². The first-order valence-corrected chi connectivity index (χ1v) is 5.41. The summed E-state index contributed by atoms with van der Waals surface area (Å²) < 4.78 is 51.4. The highest BCUT2D eigenvalue weighted by Gasteiger charge is 2.32. The van der Waals surface area contributed by atoms with Crippen LogP contribution in [0.25, 0.3) is 5.69 Å². The average molecular weight is 279 g/mol. The SMILES string of the molecule is Fc1cc(CCl)cc(-n2cc(C(F)(F)F)cn2)c1. The van der Waals surface area contributed by atoms with Gasteiger partial charge in [0, 0.05) is 12.1 Å². The van der Waals surface area contributed by atoms with Crippen molar-refractivity contribution < 1.29 is 17.6 Å². The van der Waals surface area contributed by atoms with Gasteiger partial charge in [-0.25, -0.2) is 9.07 Å². The Bertz CT molecular complexity index is 562. The highest BCUT2D eigenvalue weighted by molar-refractivity contribution is 6.17. The standard InChI is InChI=1S/C11H7ClF4N2/c12-4-7-1-9(13)3-10(2-7)18-6-8(5-17-18)11(14,15)16/h1-3,5-6H,4H2. The van der Waals surface area contributed by atoms with Crippen molar-refractivity contribution in [3.8, 4) is 5.69 Å². The number of rotatable bonds is 2. The first kappa shape index (κ1) is 12.9. The summed E-state index contributed by atoms with van der Waals surface area (Å²) in [5, 5.41) is 3.56. The molecule has 0 fully saturated rings. The van der Waals surface area contributed by atoms with E-state index in [2.05, 4.69) is 5.10 Å². The van der Waals surface area contributed by atoms with Crippen molar-refractivity contribution in [2.75, 3.05) is 0 Å². The van der Waals surface area contributed by atoms with Crippen LogP contribution in [0.4, 0.5) is 17.6 Å². The number of hydrogen-bond donors (Lipinski definition) is 0. The van der Waals surface area contributed by atoms with Gasteiger partial charge in [-0.1, -0.05) is 0 Å². The van der Waals surface area contributed by atoms with Crippen LogP contribution in [0, 0.1) is 5.82 Å². The first-order chi connectivity index (χ1) is 8.40. The van der Waals surface area contributed by atoms with Gasteiger partial charge in [-0.05, 0) is 23.8 Å². The molecule has 2 aromatic rings. The Kier molecular flexibility index (Phi) is 3.30. The Labute approximate surface area is 105 Å². The summed E-state index contributed by atoms with van der Waals surface area (Å²) in [4.78, 5) is 0. The minimum absolute atomic E-state index is 0.0676. The molecule has 0 spiro atoms. The van der Waals surface area contributed by atoms with Crippen molar-refractivity contribution in [1.82, 2.24) is 9.78 Å². The molecule has 0 aliphatic heterocycles. The van der Waals surface area contributed by atoms with Gasteiger partial charge in [0.1, 0.15) is 5.82 Å². The Balaban J connectivity index is 2.43. The largest absolute Gasteiger partial charge is 0.419 e. The van der Waals surface area contributed by atoms with Crippen molar-refractivity contribution in [2.45, 2.75) is 12.1 Å². The maximum atomic E-state index is 13.2.